The van der Waals surface area contributed by atoms with Gasteiger partial charge >= 0.3 is 0 Å². The molecule has 1 aromatic rings. The van der Waals surface area contributed by atoms with Crippen molar-refractivity contribution in [2.75, 3.05) is 26.3 Å². The van der Waals surface area contributed by atoms with Gasteiger partial charge in [0.15, 0.2) is 0 Å². The molecule has 2 heterocycles. The number of benzene rings is 1. The number of nitrogens with zero attached hydrogens (tertiary/aromatic N) is 1. The van der Waals surface area contributed by atoms with Crippen LogP contribution >= 0.6 is 0 Å². The molecule has 26 heavy (non-hydrogen) atoms. The molecule has 2 unspecified atom stereocenters. The maximum Gasteiger partial charge on any atom is 0.226 e. The van der Waals surface area contributed by atoms with Gasteiger partial charge in [-0.2, -0.15) is 0 Å². The Morgan fingerprint density at radius 2 is 1.85 bits per heavy atom. The van der Waals surface area contributed by atoms with E-state index in [1.165, 1.54) is 11.1 Å². The van der Waals surface area contributed by atoms with Crippen LogP contribution < -0.4 is 5.32 Å². The van der Waals surface area contributed by atoms with Crippen LogP contribution in [-0.4, -0.2) is 49.2 Å². The van der Waals surface area contributed by atoms with Gasteiger partial charge in [0.1, 0.15) is 0 Å². The molecular weight excluding hydrogens is 324 g/mol. The Morgan fingerprint density at radius 1 is 1.04 bits per heavy atom. The van der Waals surface area contributed by atoms with Crippen LogP contribution in [0.5, 0.6) is 0 Å². The van der Waals surface area contributed by atoms with Crippen LogP contribution in [0.25, 0.3) is 5.57 Å². The Bertz CT molecular complexity index is 637. The molecule has 1 saturated carbocycles. The van der Waals surface area contributed by atoms with Gasteiger partial charge in [0, 0.05) is 44.3 Å². The van der Waals surface area contributed by atoms with Crippen LogP contribution in [-0.2, 0) is 9.53 Å². The van der Waals surface area contributed by atoms with Gasteiger partial charge in [-0.05, 0) is 49.7 Å². The zero-order valence-electron chi connectivity index (χ0n) is 15.5. The van der Waals surface area contributed by atoms with E-state index < -0.39 is 0 Å². The van der Waals surface area contributed by atoms with Crippen molar-refractivity contribution in [3.05, 3.63) is 42.0 Å². The molecule has 3 aliphatic rings. The van der Waals surface area contributed by atoms with Crippen LogP contribution in [0.3, 0.4) is 0 Å². The quantitative estimate of drug-likeness (QED) is 0.902. The minimum atomic E-state index is 0.207. The summed E-state index contributed by atoms with van der Waals surface area (Å²) < 4.78 is 5.44. The highest BCUT2D eigenvalue weighted by molar-refractivity contribution is 5.81. The fraction of sp³-hybridized carbons (Fsp3) is 0.591. The molecule has 0 spiro atoms. The lowest BCUT2D eigenvalue weighted by Gasteiger charge is -2.29. The smallest absolute Gasteiger partial charge is 0.226 e. The molecule has 1 aromatic carbocycles. The Hall–Kier alpha value is -1.65. The van der Waals surface area contributed by atoms with Gasteiger partial charge in [-0.1, -0.05) is 36.4 Å². The summed E-state index contributed by atoms with van der Waals surface area (Å²) in [5.41, 5.74) is 2.67. The number of nitrogens with one attached hydrogen (secondary N) is 1. The molecule has 2 atom stereocenters. The Labute approximate surface area is 156 Å². The average Bonchev–Trinajstić information content (AvgIpc) is 3.17. The van der Waals surface area contributed by atoms with E-state index in [2.05, 4.69) is 40.6 Å². The zero-order valence-corrected chi connectivity index (χ0v) is 15.5. The number of amides is 1. The highest BCUT2D eigenvalue weighted by atomic mass is 16.5. The average molecular weight is 354 g/mol. The first-order valence-corrected chi connectivity index (χ1v) is 10.2. The van der Waals surface area contributed by atoms with Gasteiger partial charge in [-0.25, -0.2) is 0 Å². The lowest BCUT2D eigenvalue weighted by Crippen LogP contribution is -2.42. The van der Waals surface area contributed by atoms with Crippen LogP contribution in [0.4, 0.5) is 0 Å². The molecule has 2 fully saturated rings. The van der Waals surface area contributed by atoms with Crippen molar-refractivity contribution in [1.29, 1.82) is 0 Å². The van der Waals surface area contributed by atoms with E-state index in [9.17, 15) is 4.79 Å². The molecule has 4 nitrogen and oxygen atoms in total. The van der Waals surface area contributed by atoms with E-state index in [4.69, 9.17) is 4.74 Å². The third-order valence-electron chi connectivity index (χ3n) is 6.14. The summed E-state index contributed by atoms with van der Waals surface area (Å²) in [6, 6.07) is 11.6. The van der Waals surface area contributed by atoms with E-state index in [-0.39, 0.29) is 5.92 Å². The molecule has 2 aliphatic heterocycles. The normalized spacial score (nSPS) is 27.4. The summed E-state index contributed by atoms with van der Waals surface area (Å²) in [7, 11) is 0. The second-order valence-electron chi connectivity index (χ2n) is 7.89. The standard InChI is InChI=1S/C22H30N2O2/c25-22(19-6-7-21(16-19)23-20-10-14-26-15-11-20)24-12-8-18(9-13-24)17-4-2-1-3-5-17/h1-5,8,19-21,23H,6-7,9-16H2. The number of hydrogen-bond acceptors (Lipinski definition) is 3. The summed E-state index contributed by atoms with van der Waals surface area (Å²) >= 11 is 0. The predicted molar refractivity (Wildman–Crippen MR) is 104 cm³/mol. The molecule has 4 heteroatoms. The topological polar surface area (TPSA) is 41.6 Å². The second kappa shape index (κ2) is 8.36. The van der Waals surface area contributed by atoms with Crippen molar-refractivity contribution in [2.45, 2.75) is 50.6 Å². The highest BCUT2D eigenvalue weighted by Gasteiger charge is 2.34. The Kier molecular flexibility index (Phi) is 5.71. The fourth-order valence-electron chi connectivity index (χ4n) is 4.60. The van der Waals surface area contributed by atoms with Crippen LogP contribution in [0.2, 0.25) is 0 Å². The highest BCUT2D eigenvalue weighted by Crippen LogP contribution is 2.30. The maximum atomic E-state index is 12.9. The molecule has 1 saturated heterocycles. The van der Waals surface area contributed by atoms with Gasteiger partial charge in [-0.3, -0.25) is 4.79 Å². The van der Waals surface area contributed by atoms with Crippen molar-refractivity contribution >= 4 is 11.5 Å². The van der Waals surface area contributed by atoms with E-state index in [1.807, 2.05) is 6.07 Å². The summed E-state index contributed by atoms with van der Waals surface area (Å²) in [4.78, 5) is 15.0. The van der Waals surface area contributed by atoms with Crippen molar-refractivity contribution < 1.29 is 9.53 Å². The van der Waals surface area contributed by atoms with Crippen LogP contribution in [0.1, 0.15) is 44.1 Å². The first-order chi connectivity index (χ1) is 12.8. The van der Waals surface area contributed by atoms with Gasteiger partial charge in [0.05, 0.1) is 0 Å². The molecule has 0 aromatic heterocycles. The SMILES string of the molecule is O=C(C1CCC(NC2CCOCC2)C1)N1CC=C(c2ccccc2)CC1. The first kappa shape index (κ1) is 17.7. The number of carbonyl (C=O) groups excluding carboxylic acids is 1. The van der Waals surface area contributed by atoms with Crippen LogP contribution in [0.15, 0.2) is 36.4 Å². The van der Waals surface area contributed by atoms with Crippen LogP contribution in [0, 0.1) is 5.92 Å². The molecule has 0 radical (unpaired) electrons. The first-order valence-electron chi connectivity index (χ1n) is 10.2. The van der Waals surface area contributed by atoms with Gasteiger partial charge in [0.2, 0.25) is 5.91 Å². The maximum absolute atomic E-state index is 12.9. The monoisotopic (exact) mass is 354 g/mol. The van der Waals surface area contributed by atoms with Crippen molar-refractivity contribution in [3.63, 3.8) is 0 Å². The van der Waals surface area contributed by atoms with Gasteiger partial charge in [0.25, 0.3) is 0 Å². The van der Waals surface area contributed by atoms with E-state index >= 15 is 0 Å². The fourth-order valence-corrected chi connectivity index (χ4v) is 4.60. The predicted octanol–water partition coefficient (Wildman–Crippen LogP) is 3.24. The minimum absolute atomic E-state index is 0.207. The van der Waals surface area contributed by atoms with Gasteiger partial charge in [-0.15, -0.1) is 0 Å². The number of hydrogen-bond donors (Lipinski definition) is 1. The molecule has 1 N–H and O–H groups in total. The van der Waals surface area contributed by atoms with E-state index in [1.54, 1.807) is 0 Å². The third-order valence-corrected chi connectivity index (χ3v) is 6.14. The molecule has 1 aliphatic carbocycles. The lowest BCUT2D eigenvalue weighted by atomic mass is 9.98. The van der Waals surface area contributed by atoms with E-state index in [0.717, 1.165) is 64.8 Å². The molecule has 4 rings (SSSR count). The van der Waals surface area contributed by atoms with Crippen molar-refractivity contribution in [2.24, 2.45) is 5.92 Å². The number of rotatable bonds is 4. The number of carbonyl (C=O) groups is 1. The summed E-state index contributed by atoms with van der Waals surface area (Å²) in [5.74, 6) is 0.573. The van der Waals surface area contributed by atoms with Crippen molar-refractivity contribution in [1.82, 2.24) is 10.2 Å². The van der Waals surface area contributed by atoms with E-state index in [0.29, 0.717) is 18.0 Å². The second-order valence-corrected chi connectivity index (χ2v) is 7.89. The Balaban J connectivity index is 1.28. The summed E-state index contributed by atoms with van der Waals surface area (Å²) in [6.07, 6.45) is 8.58. The molecule has 1 amide bonds. The minimum Gasteiger partial charge on any atom is -0.381 e. The van der Waals surface area contributed by atoms with Gasteiger partial charge < -0.3 is 15.0 Å². The third kappa shape index (κ3) is 4.18. The van der Waals surface area contributed by atoms with Crippen molar-refractivity contribution in [3.8, 4) is 0 Å². The Morgan fingerprint density at radius 3 is 2.58 bits per heavy atom. The molecule has 140 valence electrons. The number of ether oxygens (including phenoxy) is 1. The zero-order chi connectivity index (χ0) is 17.8. The summed E-state index contributed by atoms with van der Waals surface area (Å²) in [6.45, 7) is 3.36. The molecule has 0 bridgehead atoms. The lowest BCUT2D eigenvalue weighted by molar-refractivity contribution is -0.134. The summed E-state index contributed by atoms with van der Waals surface area (Å²) in [5, 5.41) is 3.77. The largest absolute Gasteiger partial charge is 0.381 e. The molecular formula is C22H30N2O2.